The molecule has 1 amide bonds. The largest absolute Gasteiger partial charge is 0.480 e. The van der Waals surface area contributed by atoms with Crippen molar-refractivity contribution >= 4 is 21.9 Å². The standard InChI is InChI=1S/C38H60N2O5S/c1-8-9-10-11-12-13-17-23-36(41)39-35(38(42)43)22-18-19-24-40(27-31-20-15-14-16-21-31)46(44,45)37-33(29(4)5)25-32(28(2)3)26-34(37)30(6)7/h14-16,20-21,25-26,28-30,35H,8-13,17-19,22-24,27H2,1-7H3,(H,39,41)(H,42,43). The van der Waals surface area contributed by atoms with E-state index in [9.17, 15) is 23.1 Å². The predicted octanol–water partition coefficient (Wildman–Crippen LogP) is 9.13. The Morgan fingerprint density at radius 3 is 1.87 bits per heavy atom. The third-order valence-electron chi connectivity index (χ3n) is 8.67. The first kappa shape index (κ1) is 39.5. The van der Waals surface area contributed by atoms with Crippen LogP contribution in [0.4, 0.5) is 0 Å². The Morgan fingerprint density at radius 1 is 0.783 bits per heavy atom. The summed E-state index contributed by atoms with van der Waals surface area (Å²) >= 11 is 0. The first-order valence-electron chi connectivity index (χ1n) is 17.5. The van der Waals surface area contributed by atoms with Crippen LogP contribution in [0.5, 0.6) is 0 Å². The van der Waals surface area contributed by atoms with E-state index >= 15 is 0 Å². The van der Waals surface area contributed by atoms with Gasteiger partial charge in [0.15, 0.2) is 0 Å². The maximum absolute atomic E-state index is 14.6. The molecular formula is C38H60N2O5S. The topological polar surface area (TPSA) is 104 Å². The van der Waals surface area contributed by atoms with E-state index in [1.807, 2.05) is 58.0 Å². The van der Waals surface area contributed by atoms with Crippen LogP contribution in [-0.4, -0.2) is 42.3 Å². The Hall–Kier alpha value is -2.71. The highest BCUT2D eigenvalue weighted by Crippen LogP contribution is 2.37. The summed E-state index contributed by atoms with van der Waals surface area (Å²) in [6, 6.07) is 12.7. The highest BCUT2D eigenvalue weighted by molar-refractivity contribution is 7.89. The van der Waals surface area contributed by atoms with E-state index in [4.69, 9.17) is 0 Å². The second-order valence-corrected chi connectivity index (χ2v) is 15.5. The van der Waals surface area contributed by atoms with Crippen LogP contribution in [0.15, 0.2) is 47.4 Å². The Balaban J connectivity index is 2.20. The summed E-state index contributed by atoms with van der Waals surface area (Å²) in [4.78, 5) is 24.9. The number of unbranched alkanes of at least 4 members (excludes halogenated alkanes) is 7. The maximum Gasteiger partial charge on any atom is 0.326 e. The molecule has 46 heavy (non-hydrogen) atoms. The maximum atomic E-state index is 14.6. The second kappa shape index (κ2) is 19.8. The summed E-state index contributed by atoms with van der Waals surface area (Å²) in [6.07, 6.45) is 9.16. The van der Waals surface area contributed by atoms with Crippen molar-refractivity contribution in [2.75, 3.05) is 6.54 Å². The zero-order valence-corrected chi connectivity index (χ0v) is 30.3. The molecule has 7 nitrogen and oxygen atoms in total. The number of nitrogens with one attached hydrogen (secondary N) is 1. The number of hydrogen-bond donors (Lipinski definition) is 2. The fourth-order valence-electron chi connectivity index (χ4n) is 5.79. The molecule has 0 aliphatic heterocycles. The Kier molecular flexibility index (Phi) is 17.0. The molecule has 2 rings (SSSR count). The minimum absolute atomic E-state index is 0.0144. The summed E-state index contributed by atoms with van der Waals surface area (Å²) in [5.41, 5.74) is 3.70. The highest BCUT2D eigenvalue weighted by Gasteiger charge is 2.32. The number of carbonyl (C=O) groups excluding carboxylic acids is 1. The first-order valence-corrected chi connectivity index (χ1v) is 19.0. The monoisotopic (exact) mass is 656 g/mol. The number of nitrogens with zero attached hydrogens (tertiary/aromatic N) is 1. The van der Waals surface area contributed by atoms with Crippen molar-refractivity contribution in [2.24, 2.45) is 0 Å². The van der Waals surface area contributed by atoms with Crippen LogP contribution in [0.3, 0.4) is 0 Å². The van der Waals surface area contributed by atoms with Gasteiger partial charge in [-0.05, 0) is 65.7 Å². The number of amides is 1. The van der Waals surface area contributed by atoms with E-state index in [0.29, 0.717) is 24.2 Å². The molecule has 0 saturated heterocycles. The van der Waals surface area contributed by atoms with Gasteiger partial charge in [-0.25, -0.2) is 13.2 Å². The molecule has 0 aliphatic carbocycles. The number of carboxylic acids is 1. The summed E-state index contributed by atoms with van der Waals surface area (Å²) < 4.78 is 30.8. The molecule has 0 radical (unpaired) electrons. The minimum Gasteiger partial charge on any atom is -0.480 e. The number of benzene rings is 2. The minimum atomic E-state index is -3.90. The molecule has 0 saturated carbocycles. The van der Waals surface area contributed by atoms with E-state index in [1.165, 1.54) is 25.7 Å². The smallest absolute Gasteiger partial charge is 0.326 e. The molecule has 2 N–H and O–H groups in total. The summed E-state index contributed by atoms with van der Waals surface area (Å²) in [6.45, 7) is 15.1. The Bertz CT molecular complexity index is 1290. The number of aliphatic carboxylic acids is 1. The molecule has 0 spiro atoms. The van der Waals surface area contributed by atoms with E-state index in [0.717, 1.165) is 41.5 Å². The Morgan fingerprint density at radius 2 is 1.35 bits per heavy atom. The average Bonchev–Trinajstić information content (AvgIpc) is 3.00. The molecular weight excluding hydrogens is 596 g/mol. The molecule has 0 aromatic heterocycles. The van der Waals surface area contributed by atoms with Gasteiger partial charge in [-0.15, -0.1) is 0 Å². The number of rotatable bonds is 22. The van der Waals surface area contributed by atoms with Crippen molar-refractivity contribution < 1.29 is 23.1 Å². The van der Waals surface area contributed by atoms with Crippen molar-refractivity contribution in [1.29, 1.82) is 0 Å². The third-order valence-corrected chi connectivity index (χ3v) is 10.6. The van der Waals surface area contributed by atoms with Gasteiger partial charge < -0.3 is 10.4 Å². The summed E-state index contributed by atoms with van der Waals surface area (Å²) in [7, 11) is -3.90. The van der Waals surface area contributed by atoms with Crippen LogP contribution < -0.4 is 5.32 Å². The van der Waals surface area contributed by atoms with E-state index in [2.05, 4.69) is 38.2 Å². The predicted molar refractivity (Wildman–Crippen MR) is 189 cm³/mol. The van der Waals surface area contributed by atoms with Crippen LogP contribution >= 0.6 is 0 Å². The molecule has 0 heterocycles. The zero-order chi connectivity index (χ0) is 34.3. The zero-order valence-electron chi connectivity index (χ0n) is 29.5. The van der Waals surface area contributed by atoms with Gasteiger partial charge in [0.05, 0.1) is 4.90 Å². The van der Waals surface area contributed by atoms with Crippen LogP contribution in [0.2, 0.25) is 0 Å². The van der Waals surface area contributed by atoms with E-state index < -0.39 is 22.0 Å². The lowest BCUT2D eigenvalue weighted by Gasteiger charge is -2.28. The molecule has 2 aromatic carbocycles. The molecule has 258 valence electrons. The van der Waals surface area contributed by atoms with Crippen molar-refractivity contribution in [3.63, 3.8) is 0 Å². The molecule has 0 bridgehead atoms. The first-order chi connectivity index (χ1) is 21.8. The van der Waals surface area contributed by atoms with Gasteiger partial charge in [0.2, 0.25) is 15.9 Å². The molecule has 0 fully saturated rings. The number of carboxylic acid groups (broad SMARTS) is 1. The van der Waals surface area contributed by atoms with Gasteiger partial charge >= 0.3 is 5.97 Å². The quantitative estimate of drug-likeness (QED) is 0.123. The van der Waals surface area contributed by atoms with Gasteiger partial charge in [-0.2, -0.15) is 4.31 Å². The lowest BCUT2D eigenvalue weighted by Crippen LogP contribution is -2.40. The molecule has 2 aromatic rings. The van der Waals surface area contributed by atoms with E-state index in [1.54, 1.807) is 4.31 Å². The average molecular weight is 657 g/mol. The number of carbonyl (C=O) groups is 2. The van der Waals surface area contributed by atoms with E-state index in [-0.39, 0.29) is 43.2 Å². The van der Waals surface area contributed by atoms with Gasteiger partial charge in [0, 0.05) is 19.5 Å². The molecule has 8 heteroatoms. The van der Waals surface area contributed by atoms with Crippen LogP contribution in [0.25, 0.3) is 0 Å². The van der Waals surface area contributed by atoms with Gasteiger partial charge in [0.1, 0.15) is 6.04 Å². The Labute approximate surface area is 279 Å². The second-order valence-electron chi connectivity index (χ2n) is 13.6. The normalized spacial score (nSPS) is 12.8. The SMILES string of the molecule is CCCCCCCCCC(=O)NC(CCCCN(Cc1ccccc1)S(=O)(=O)c1c(C(C)C)cc(C(C)C)cc1C(C)C)C(=O)O. The van der Waals surface area contributed by atoms with Crippen molar-refractivity contribution in [3.05, 3.63) is 64.7 Å². The summed E-state index contributed by atoms with van der Waals surface area (Å²) in [5.74, 6) is -0.997. The fraction of sp³-hybridized carbons (Fsp3) is 0.632. The number of sulfonamides is 1. The lowest BCUT2D eigenvalue weighted by molar-refractivity contribution is -0.142. The molecule has 0 aliphatic rings. The van der Waals surface area contributed by atoms with Crippen molar-refractivity contribution in [3.8, 4) is 0 Å². The van der Waals surface area contributed by atoms with Crippen molar-refractivity contribution in [1.82, 2.24) is 9.62 Å². The van der Waals surface area contributed by atoms with Gasteiger partial charge in [0.25, 0.3) is 0 Å². The lowest BCUT2D eigenvalue weighted by atomic mass is 9.89. The number of hydrogen-bond acceptors (Lipinski definition) is 4. The van der Waals surface area contributed by atoms with Crippen LogP contribution in [-0.2, 0) is 26.2 Å². The van der Waals surface area contributed by atoms with Gasteiger partial charge in [-0.1, -0.05) is 129 Å². The molecule has 1 unspecified atom stereocenters. The van der Waals surface area contributed by atoms with Crippen molar-refractivity contribution in [2.45, 2.75) is 154 Å². The van der Waals surface area contributed by atoms with Crippen LogP contribution in [0.1, 0.15) is 159 Å². The summed E-state index contributed by atoms with van der Waals surface area (Å²) in [5, 5.41) is 12.5. The van der Waals surface area contributed by atoms with Crippen LogP contribution in [0, 0.1) is 0 Å². The fourth-order valence-corrected chi connectivity index (χ4v) is 7.92. The third kappa shape index (κ3) is 12.5. The molecule has 1 atom stereocenters. The van der Waals surface area contributed by atoms with Gasteiger partial charge in [-0.3, -0.25) is 4.79 Å². The highest BCUT2D eigenvalue weighted by atomic mass is 32.2.